The number of hydrogen-bond donors (Lipinski definition) is 2. The highest BCUT2D eigenvalue weighted by molar-refractivity contribution is 6.04. The van der Waals surface area contributed by atoms with Crippen molar-refractivity contribution in [2.45, 2.75) is 52.9 Å². The van der Waals surface area contributed by atoms with E-state index in [0.717, 1.165) is 10.9 Å². The van der Waals surface area contributed by atoms with Crippen LogP contribution in [0, 0.1) is 0 Å². The van der Waals surface area contributed by atoms with Gasteiger partial charge in [0, 0.05) is 5.39 Å². The van der Waals surface area contributed by atoms with Gasteiger partial charge in [-0.05, 0) is 36.5 Å². The minimum Gasteiger partial charge on any atom is -0.364 e. The van der Waals surface area contributed by atoms with Gasteiger partial charge in [-0.2, -0.15) is 5.10 Å². The van der Waals surface area contributed by atoms with Gasteiger partial charge >= 0.3 is 0 Å². The molecular formula is C16H25N3O. The molecule has 1 fully saturated rings. The Morgan fingerprint density at radius 3 is 2.45 bits per heavy atom. The number of aromatic amines is 1. The molecule has 0 unspecified atom stereocenters. The number of nitrogens with zero attached hydrogens (tertiary/aromatic N) is 1. The molecule has 110 valence electrons. The number of carbonyl (C=O) groups is 1. The van der Waals surface area contributed by atoms with Gasteiger partial charge in [-0.1, -0.05) is 40.2 Å². The summed E-state index contributed by atoms with van der Waals surface area (Å²) in [4.78, 5) is 11.1. The first-order valence-electron chi connectivity index (χ1n) is 7.45. The SMILES string of the molecule is CC.CCC.NC(=O)c1n[nH]c2ccc(C3CC3)cc12. The number of nitrogens with two attached hydrogens (primary N) is 1. The number of carbonyl (C=O) groups excluding carboxylic acids is 1. The summed E-state index contributed by atoms with van der Waals surface area (Å²) in [5, 5.41) is 7.56. The molecule has 0 bridgehead atoms. The van der Waals surface area contributed by atoms with E-state index >= 15 is 0 Å². The number of benzene rings is 1. The van der Waals surface area contributed by atoms with Crippen LogP contribution < -0.4 is 5.73 Å². The van der Waals surface area contributed by atoms with E-state index in [1.165, 1.54) is 24.8 Å². The summed E-state index contributed by atoms with van der Waals surface area (Å²) in [6.45, 7) is 8.25. The fourth-order valence-corrected chi connectivity index (χ4v) is 1.89. The zero-order chi connectivity index (χ0) is 15.1. The summed E-state index contributed by atoms with van der Waals surface area (Å²) in [7, 11) is 0. The van der Waals surface area contributed by atoms with Crippen molar-refractivity contribution >= 4 is 16.8 Å². The van der Waals surface area contributed by atoms with Crippen LogP contribution in [0.3, 0.4) is 0 Å². The summed E-state index contributed by atoms with van der Waals surface area (Å²) in [5.74, 6) is 0.194. The second-order valence-electron chi connectivity index (χ2n) is 4.72. The Kier molecular flexibility index (Phi) is 6.22. The second kappa shape index (κ2) is 7.68. The highest BCUT2D eigenvalue weighted by atomic mass is 16.1. The predicted molar refractivity (Wildman–Crippen MR) is 83.9 cm³/mol. The van der Waals surface area contributed by atoms with E-state index in [0.29, 0.717) is 11.6 Å². The van der Waals surface area contributed by atoms with Crippen molar-refractivity contribution in [3.05, 3.63) is 29.5 Å². The van der Waals surface area contributed by atoms with E-state index in [1.807, 2.05) is 26.0 Å². The van der Waals surface area contributed by atoms with Crippen molar-refractivity contribution in [2.75, 3.05) is 0 Å². The highest BCUT2D eigenvalue weighted by Gasteiger charge is 2.24. The number of primary amides is 1. The van der Waals surface area contributed by atoms with Crippen LogP contribution in [0.5, 0.6) is 0 Å². The molecule has 1 aliphatic rings. The molecule has 1 saturated carbocycles. The van der Waals surface area contributed by atoms with E-state index in [-0.39, 0.29) is 0 Å². The van der Waals surface area contributed by atoms with Crippen LogP contribution in [0.1, 0.15) is 68.9 Å². The summed E-state index contributed by atoms with van der Waals surface area (Å²) in [6, 6.07) is 6.07. The minimum absolute atomic E-state index is 0.340. The van der Waals surface area contributed by atoms with Crippen LogP contribution >= 0.6 is 0 Å². The fourth-order valence-electron chi connectivity index (χ4n) is 1.89. The van der Waals surface area contributed by atoms with Gasteiger partial charge in [0.1, 0.15) is 0 Å². The maximum Gasteiger partial charge on any atom is 0.269 e. The molecule has 4 nitrogen and oxygen atoms in total. The standard InChI is InChI=1S/C11H11N3O.C3H8.C2H6/c12-11(15)10-8-5-7(6-1-2-6)3-4-9(8)13-14-10;1-3-2;1-2/h3-6H,1-2H2,(H2,12,15)(H,13,14);3H2,1-2H3;1-2H3. The van der Waals surface area contributed by atoms with Crippen molar-refractivity contribution in [2.24, 2.45) is 5.73 Å². The summed E-state index contributed by atoms with van der Waals surface area (Å²) < 4.78 is 0. The monoisotopic (exact) mass is 275 g/mol. The molecule has 0 radical (unpaired) electrons. The van der Waals surface area contributed by atoms with Crippen LogP contribution in [-0.2, 0) is 0 Å². The molecular weight excluding hydrogens is 250 g/mol. The first kappa shape index (κ1) is 16.2. The number of H-pyrrole nitrogens is 1. The summed E-state index contributed by atoms with van der Waals surface area (Å²) in [6.07, 6.45) is 3.74. The molecule has 4 heteroatoms. The number of fused-ring (bicyclic) bond motifs is 1. The lowest BCUT2D eigenvalue weighted by Crippen LogP contribution is -2.11. The Hall–Kier alpha value is -1.84. The maximum atomic E-state index is 11.1. The molecule has 1 aromatic heterocycles. The average Bonchev–Trinajstić information content (AvgIpc) is 3.21. The molecule has 20 heavy (non-hydrogen) atoms. The zero-order valence-electron chi connectivity index (χ0n) is 12.9. The minimum atomic E-state index is -0.478. The van der Waals surface area contributed by atoms with Crippen molar-refractivity contribution in [3.63, 3.8) is 0 Å². The first-order valence-corrected chi connectivity index (χ1v) is 7.45. The van der Waals surface area contributed by atoms with Gasteiger partial charge < -0.3 is 5.73 Å². The van der Waals surface area contributed by atoms with Crippen LogP contribution in [0.25, 0.3) is 10.9 Å². The Morgan fingerprint density at radius 1 is 1.35 bits per heavy atom. The lowest BCUT2D eigenvalue weighted by atomic mass is 10.1. The molecule has 3 rings (SSSR count). The second-order valence-corrected chi connectivity index (χ2v) is 4.72. The maximum absolute atomic E-state index is 11.1. The fraction of sp³-hybridized carbons (Fsp3) is 0.500. The topological polar surface area (TPSA) is 71.8 Å². The van der Waals surface area contributed by atoms with Gasteiger partial charge in [0.25, 0.3) is 5.91 Å². The number of aromatic nitrogens is 2. The van der Waals surface area contributed by atoms with Crippen molar-refractivity contribution in [1.82, 2.24) is 10.2 Å². The zero-order valence-corrected chi connectivity index (χ0v) is 12.9. The molecule has 1 aliphatic carbocycles. The van der Waals surface area contributed by atoms with Gasteiger partial charge in [0.05, 0.1) is 5.52 Å². The Labute approximate surface area is 120 Å². The van der Waals surface area contributed by atoms with Gasteiger partial charge in [-0.15, -0.1) is 0 Å². The first-order chi connectivity index (χ1) is 9.67. The van der Waals surface area contributed by atoms with E-state index in [1.54, 1.807) is 0 Å². The molecule has 1 aromatic carbocycles. The lowest BCUT2D eigenvalue weighted by Gasteiger charge is -1.97. The van der Waals surface area contributed by atoms with Crippen molar-refractivity contribution in [1.29, 1.82) is 0 Å². The number of rotatable bonds is 2. The molecule has 3 N–H and O–H groups in total. The third-order valence-corrected chi connectivity index (χ3v) is 2.87. The van der Waals surface area contributed by atoms with Crippen LogP contribution in [0.2, 0.25) is 0 Å². The Morgan fingerprint density at radius 2 is 1.95 bits per heavy atom. The molecule has 1 heterocycles. The Balaban J connectivity index is 0.000000357. The molecule has 2 aromatic rings. The van der Waals surface area contributed by atoms with E-state index in [2.05, 4.69) is 30.1 Å². The van der Waals surface area contributed by atoms with Crippen LogP contribution in [0.4, 0.5) is 0 Å². The van der Waals surface area contributed by atoms with Gasteiger partial charge in [0.2, 0.25) is 0 Å². The third-order valence-electron chi connectivity index (χ3n) is 2.87. The molecule has 0 atom stereocenters. The molecule has 0 saturated heterocycles. The van der Waals surface area contributed by atoms with Crippen molar-refractivity contribution < 1.29 is 4.79 Å². The van der Waals surface area contributed by atoms with E-state index < -0.39 is 5.91 Å². The number of nitrogens with one attached hydrogen (secondary N) is 1. The van der Waals surface area contributed by atoms with E-state index in [4.69, 9.17) is 5.73 Å². The predicted octanol–water partition coefficient (Wildman–Crippen LogP) is 3.98. The average molecular weight is 275 g/mol. The Bertz CT molecular complexity index is 556. The van der Waals surface area contributed by atoms with Gasteiger partial charge in [-0.25, -0.2) is 0 Å². The molecule has 0 spiro atoms. The summed E-state index contributed by atoms with van der Waals surface area (Å²) >= 11 is 0. The van der Waals surface area contributed by atoms with E-state index in [9.17, 15) is 4.79 Å². The highest BCUT2D eigenvalue weighted by Crippen LogP contribution is 2.40. The summed E-state index contributed by atoms with van der Waals surface area (Å²) in [5.41, 5.74) is 7.74. The smallest absolute Gasteiger partial charge is 0.269 e. The quantitative estimate of drug-likeness (QED) is 0.870. The van der Waals surface area contributed by atoms with Crippen LogP contribution in [-0.4, -0.2) is 16.1 Å². The largest absolute Gasteiger partial charge is 0.364 e. The van der Waals surface area contributed by atoms with Crippen molar-refractivity contribution in [3.8, 4) is 0 Å². The number of amides is 1. The molecule has 1 amide bonds. The third kappa shape index (κ3) is 3.83. The molecule has 0 aliphatic heterocycles. The lowest BCUT2D eigenvalue weighted by molar-refractivity contribution is 0.0997. The van der Waals surface area contributed by atoms with Crippen LogP contribution in [0.15, 0.2) is 18.2 Å². The van der Waals surface area contributed by atoms with Gasteiger partial charge in [-0.3, -0.25) is 9.89 Å². The number of hydrogen-bond acceptors (Lipinski definition) is 2. The normalized spacial score (nSPS) is 13.0. The van der Waals surface area contributed by atoms with Gasteiger partial charge in [0.15, 0.2) is 5.69 Å².